The lowest BCUT2D eigenvalue weighted by Crippen LogP contribution is -2.30. The van der Waals surface area contributed by atoms with Gasteiger partial charge in [-0.25, -0.2) is 8.78 Å². The van der Waals surface area contributed by atoms with Crippen LogP contribution in [-0.4, -0.2) is 22.5 Å². The molecule has 2 heterocycles. The number of benzene rings is 2. The number of nitrogens with zero attached hydrogens (tertiary/aromatic N) is 2. The average molecular weight is 354 g/mol. The van der Waals surface area contributed by atoms with Crippen LogP contribution in [0.1, 0.15) is 35.0 Å². The standard InChI is InChI=1S/C20H16F2N2O2/c21-15-7-3-13(4-8-15)17-12-19(26-23-17)20(25)24-11-1-2-18(24)14-5-9-16(22)10-6-14/h3-10,12,18H,1-2,11H2/t18-/m0/s1. The monoisotopic (exact) mass is 354 g/mol. The lowest BCUT2D eigenvalue weighted by atomic mass is 10.0. The molecule has 0 spiro atoms. The molecule has 0 bridgehead atoms. The van der Waals surface area contributed by atoms with E-state index in [1.54, 1.807) is 35.2 Å². The highest BCUT2D eigenvalue weighted by Gasteiger charge is 2.32. The summed E-state index contributed by atoms with van der Waals surface area (Å²) in [6.45, 7) is 0.605. The van der Waals surface area contributed by atoms with Crippen molar-refractivity contribution >= 4 is 5.91 Å². The second-order valence-electron chi connectivity index (χ2n) is 6.29. The van der Waals surface area contributed by atoms with Gasteiger partial charge in [0.15, 0.2) is 0 Å². The normalized spacial score (nSPS) is 16.8. The summed E-state index contributed by atoms with van der Waals surface area (Å²) in [7, 11) is 0. The highest BCUT2D eigenvalue weighted by Crippen LogP contribution is 2.33. The molecule has 6 heteroatoms. The summed E-state index contributed by atoms with van der Waals surface area (Å²) in [6.07, 6.45) is 1.68. The molecular weight excluding hydrogens is 338 g/mol. The van der Waals surface area contributed by atoms with Gasteiger partial charge >= 0.3 is 0 Å². The molecular formula is C20H16F2N2O2. The SMILES string of the molecule is O=C(c1cc(-c2ccc(F)cc2)no1)N1CCC[C@H]1c1ccc(F)cc1. The van der Waals surface area contributed by atoms with Gasteiger partial charge in [0.05, 0.1) is 6.04 Å². The summed E-state index contributed by atoms with van der Waals surface area (Å²) in [5.74, 6) is -0.757. The van der Waals surface area contributed by atoms with Crippen molar-refractivity contribution in [1.29, 1.82) is 0 Å². The Hall–Kier alpha value is -3.02. The van der Waals surface area contributed by atoms with E-state index in [0.29, 0.717) is 17.8 Å². The average Bonchev–Trinajstić information content (AvgIpc) is 3.32. The maximum absolute atomic E-state index is 13.2. The maximum atomic E-state index is 13.2. The van der Waals surface area contributed by atoms with Gasteiger partial charge in [0.25, 0.3) is 5.91 Å². The molecule has 0 unspecified atom stereocenters. The van der Waals surface area contributed by atoms with E-state index in [-0.39, 0.29) is 29.3 Å². The third-order valence-corrected chi connectivity index (χ3v) is 4.63. The minimum Gasteiger partial charge on any atom is -0.350 e. The summed E-state index contributed by atoms with van der Waals surface area (Å²) in [6, 6.07) is 13.5. The quantitative estimate of drug-likeness (QED) is 0.691. The van der Waals surface area contributed by atoms with Crippen LogP contribution in [-0.2, 0) is 0 Å². The van der Waals surface area contributed by atoms with E-state index in [0.717, 1.165) is 18.4 Å². The van der Waals surface area contributed by atoms with Crippen molar-refractivity contribution in [3.63, 3.8) is 0 Å². The van der Waals surface area contributed by atoms with E-state index in [9.17, 15) is 13.6 Å². The molecule has 0 N–H and O–H groups in total. The summed E-state index contributed by atoms with van der Waals surface area (Å²) in [5.41, 5.74) is 2.05. The first-order chi connectivity index (χ1) is 12.6. The molecule has 3 aromatic rings. The van der Waals surface area contributed by atoms with Crippen molar-refractivity contribution in [1.82, 2.24) is 10.1 Å². The zero-order valence-electron chi connectivity index (χ0n) is 13.9. The molecule has 1 aliphatic rings. The highest BCUT2D eigenvalue weighted by atomic mass is 19.1. The predicted molar refractivity (Wildman–Crippen MR) is 91.3 cm³/mol. The van der Waals surface area contributed by atoms with Gasteiger partial charge in [-0.05, 0) is 54.8 Å². The molecule has 1 aromatic heterocycles. The number of carbonyl (C=O) groups is 1. The zero-order valence-corrected chi connectivity index (χ0v) is 13.9. The number of hydrogen-bond acceptors (Lipinski definition) is 3. The van der Waals surface area contributed by atoms with E-state index < -0.39 is 0 Å². The van der Waals surface area contributed by atoms with Gasteiger partial charge in [-0.3, -0.25) is 4.79 Å². The largest absolute Gasteiger partial charge is 0.350 e. The molecule has 0 radical (unpaired) electrons. The maximum Gasteiger partial charge on any atom is 0.292 e. The van der Waals surface area contributed by atoms with Crippen molar-refractivity contribution in [2.75, 3.05) is 6.54 Å². The number of carbonyl (C=O) groups excluding carboxylic acids is 1. The summed E-state index contributed by atoms with van der Waals surface area (Å²) in [4.78, 5) is 14.6. The molecule has 2 aromatic carbocycles. The fourth-order valence-corrected chi connectivity index (χ4v) is 3.32. The Morgan fingerprint density at radius 3 is 2.38 bits per heavy atom. The highest BCUT2D eigenvalue weighted by molar-refractivity contribution is 5.93. The first kappa shape index (κ1) is 16.4. The summed E-state index contributed by atoms with van der Waals surface area (Å²) < 4.78 is 31.4. The van der Waals surface area contributed by atoms with Gasteiger partial charge < -0.3 is 9.42 Å². The van der Waals surface area contributed by atoms with Crippen molar-refractivity contribution in [3.05, 3.63) is 77.6 Å². The zero-order chi connectivity index (χ0) is 18.1. The lowest BCUT2D eigenvalue weighted by molar-refractivity contribution is 0.0693. The third-order valence-electron chi connectivity index (χ3n) is 4.63. The lowest BCUT2D eigenvalue weighted by Gasteiger charge is -2.23. The fraction of sp³-hybridized carbons (Fsp3) is 0.200. The minimum absolute atomic E-state index is 0.109. The van der Waals surface area contributed by atoms with Crippen LogP contribution in [0.3, 0.4) is 0 Å². The van der Waals surface area contributed by atoms with Crippen molar-refractivity contribution < 1.29 is 18.1 Å². The molecule has 1 amide bonds. The molecule has 1 aliphatic heterocycles. The molecule has 132 valence electrons. The van der Waals surface area contributed by atoms with Crippen molar-refractivity contribution in [3.8, 4) is 11.3 Å². The Kier molecular flexibility index (Phi) is 4.24. The van der Waals surface area contributed by atoms with Crippen LogP contribution < -0.4 is 0 Å². The van der Waals surface area contributed by atoms with Gasteiger partial charge in [0, 0.05) is 18.2 Å². The summed E-state index contributed by atoms with van der Waals surface area (Å²) in [5, 5.41) is 3.92. The van der Waals surface area contributed by atoms with Gasteiger partial charge in [-0.2, -0.15) is 0 Å². The van der Waals surface area contributed by atoms with E-state index >= 15 is 0 Å². The van der Waals surface area contributed by atoms with E-state index in [2.05, 4.69) is 5.16 Å². The molecule has 1 fully saturated rings. The van der Waals surface area contributed by atoms with Crippen LogP contribution in [0.5, 0.6) is 0 Å². The Morgan fingerprint density at radius 1 is 1.04 bits per heavy atom. The number of rotatable bonds is 3. The Morgan fingerprint density at radius 2 is 1.69 bits per heavy atom. The number of aromatic nitrogens is 1. The second kappa shape index (κ2) is 6.71. The molecule has 0 aliphatic carbocycles. The fourth-order valence-electron chi connectivity index (χ4n) is 3.32. The first-order valence-electron chi connectivity index (χ1n) is 8.41. The topological polar surface area (TPSA) is 46.3 Å². The van der Waals surface area contributed by atoms with Crippen LogP contribution in [0.2, 0.25) is 0 Å². The van der Waals surface area contributed by atoms with E-state index in [4.69, 9.17) is 4.52 Å². The van der Waals surface area contributed by atoms with Crippen LogP contribution in [0.25, 0.3) is 11.3 Å². The van der Waals surface area contributed by atoms with Crippen LogP contribution >= 0.6 is 0 Å². The molecule has 4 rings (SSSR count). The van der Waals surface area contributed by atoms with Gasteiger partial charge in [-0.15, -0.1) is 0 Å². The van der Waals surface area contributed by atoms with Crippen LogP contribution in [0.4, 0.5) is 8.78 Å². The van der Waals surface area contributed by atoms with Gasteiger partial charge in [0.1, 0.15) is 17.3 Å². The van der Waals surface area contributed by atoms with Crippen LogP contribution in [0.15, 0.2) is 59.1 Å². The van der Waals surface area contributed by atoms with Crippen LogP contribution in [0, 0.1) is 11.6 Å². The Balaban J connectivity index is 1.57. The second-order valence-corrected chi connectivity index (χ2v) is 6.29. The number of halogens is 2. The number of likely N-dealkylation sites (tertiary alicyclic amines) is 1. The molecule has 1 atom stereocenters. The Labute approximate surface area is 149 Å². The van der Waals surface area contributed by atoms with Gasteiger partial charge in [0.2, 0.25) is 5.76 Å². The molecule has 26 heavy (non-hydrogen) atoms. The first-order valence-corrected chi connectivity index (χ1v) is 8.41. The molecule has 1 saturated heterocycles. The number of hydrogen-bond donors (Lipinski definition) is 0. The predicted octanol–water partition coefficient (Wildman–Crippen LogP) is 4.60. The molecule has 0 saturated carbocycles. The van der Waals surface area contributed by atoms with Gasteiger partial charge in [-0.1, -0.05) is 17.3 Å². The van der Waals surface area contributed by atoms with Crippen molar-refractivity contribution in [2.45, 2.75) is 18.9 Å². The van der Waals surface area contributed by atoms with E-state index in [1.165, 1.54) is 24.3 Å². The minimum atomic E-state index is -0.340. The smallest absolute Gasteiger partial charge is 0.292 e. The third kappa shape index (κ3) is 3.10. The Bertz CT molecular complexity index is 920. The number of amides is 1. The molecule has 4 nitrogen and oxygen atoms in total. The summed E-state index contributed by atoms with van der Waals surface area (Å²) >= 11 is 0. The van der Waals surface area contributed by atoms with Crippen molar-refractivity contribution in [2.24, 2.45) is 0 Å². The van der Waals surface area contributed by atoms with E-state index in [1.807, 2.05) is 0 Å².